The summed E-state index contributed by atoms with van der Waals surface area (Å²) >= 11 is 0. The standard InChI is InChI=1S/C26H34N2O5S/c1-3-32-24-11-10-22(20-25(24)33-4-2)12-16-27-26(29)23-13-17-28(18-14-23)34(30,31)19-15-21-8-6-5-7-9-21/h5-11,15,19-20,23H,3-4,12-14,16-18H2,1-2H3,(H,27,29)/b19-15+. The van der Waals surface area contributed by atoms with Crippen molar-refractivity contribution in [1.29, 1.82) is 0 Å². The highest BCUT2D eigenvalue weighted by molar-refractivity contribution is 7.92. The highest BCUT2D eigenvalue weighted by Gasteiger charge is 2.29. The molecule has 1 amide bonds. The molecule has 0 saturated carbocycles. The van der Waals surface area contributed by atoms with Crippen molar-refractivity contribution < 1.29 is 22.7 Å². The van der Waals surface area contributed by atoms with E-state index in [9.17, 15) is 13.2 Å². The number of piperidine rings is 1. The molecule has 1 saturated heterocycles. The number of ether oxygens (including phenoxy) is 2. The minimum Gasteiger partial charge on any atom is -0.490 e. The fraction of sp³-hybridized carbons (Fsp3) is 0.423. The Morgan fingerprint density at radius 1 is 1.03 bits per heavy atom. The quantitative estimate of drug-likeness (QED) is 0.521. The number of amides is 1. The highest BCUT2D eigenvalue weighted by Crippen LogP contribution is 2.28. The zero-order valence-corrected chi connectivity index (χ0v) is 20.7. The maximum atomic E-state index is 12.6. The van der Waals surface area contributed by atoms with E-state index in [0.717, 1.165) is 16.9 Å². The summed E-state index contributed by atoms with van der Waals surface area (Å²) in [6, 6.07) is 15.2. The predicted molar refractivity (Wildman–Crippen MR) is 134 cm³/mol. The molecule has 8 heteroatoms. The van der Waals surface area contributed by atoms with Gasteiger partial charge in [-0.1, -0.05) is 36.4 Å². The zero-order valence-electron chi connectivity index (χ0n) is 19.9. The molecule has 2 aromatic carbocycles. The fourth-order valence-electron chi connectivity index (χ4n) is 3.91. The summed E-state index contributed by atoms with van der Waals surface area (Å²) in [7, 11) is -3.50. The van der Waals surface area contributed by atoms with Crippen molar-refractivity contribution >= 4 is 22.0 Å². The maximum Gasteiger partial charge on any atom is 0.236 e. The van der Waals surface area contributed by atoms with Gasteiger partial charge in [0.1, 0.15) is 0 Å². The largest absolute Gasteiger partial charge is 0.490 e. The van der Waals surface area contributed by atoms with Crippen LogP contribution in [0.3, 0.4) is 0 Å². The van der Waals surface area contributed by atoms with Crippen LogP contribution < -0.4 is 14.8 Å². The monoisotopic (exact) mass is 486 g/mol. The van der Waals surface area contributed by atoms with Crippen LogP contribution in [-0.4, -0.2) is 51.5 Å². The fourth-order valence-corrected chi connectivity index (χ4v) is 5.13. The van der Waals surface area contributed by atoms with Crippen LogP contribution in [0.2, 0.25) is 0 Å². The van der Waals surface area contributed by atoms with Gasteiger partial charge >= 0.3 is 0 Å². The first-order valence-electron chi connectivity index (χ1n) is 11.8. The summed E-state index contributed by atoms with van der Waals surface area (Å²) in [6.45, 7) is 6.18. The molecule has 184 valence electrons. The maximum absolute atomic E-state index is 12.6. The first-order valence-corrected chi connectivity index (χ1v) is 13.3. The van der Waals surface area contributed by atoms with Crippen LogP contribution >= 0.6 is 0 Å². The van der Waals surface area contributed by atoms with Gasteiger partial charge in [-0.05, 0) is 62.4 Å². The number of hydrogen-bond donors (Lipinski definition) is 1. The summed E-state index contributed by atoms with van der Waals surface area (Å²) < 4.78 is 37.9. The molecule has 0 aromatic heterocycles. The van der Waals surface area contributed by atoms with E-state index in [1.165, 1.54) is 9.71 Å². The second-order valence-corrected chi connectivity index (χ2v) is 9.94. The van der Waals surface area contributed by atoms with Gasteiger partial charge < -0.3 is 14.8 Å². The van der Waals surface area contributed by atoms with Crippen molar-refractivity contribution in [2.45, 2.75) is 33.1 Å². The van der Waals surface area contributed by atoms with Gasteiger partial charge in [0.15, 0.2) is 11.5 Å². The van der Waals surface area contributed by atoms with Crippen molar-refractivity contribution in [3.63, 3.8) is 0 Å². The molecule has 0 unspecified atom stereocenters. The first-order chi connectivity index (χ1) is 16.4. The molecule has 0 aliphatic carbocycles. The molecule has 1 fully saturated rings. The lowest BCUT2D eigenvalue weighted by Crippen LogP contribution is -2.42. The smallest absolute Gasteiger partial charge is 0.236 e. The Hall–Kier alpha value is -2.84. The van der Waals surface area contributed by atoms with Crippen LogP contribution in [0.5, 0.6) is 11.5 Å². The Morgan fingerprint density at radius 3 is 2.38 bits per heavy atom. The Balaban J connectivity index is 1.46. The van der Waals surface area contributed by atoms with Crippen LogP contribution in [0.4, 0.5) is 0 Å². The lowest BCUT2D eigenvalue weighted by molar-refractivity contribution is -0.126. The van der Waals surface area contributed by atoms with E-state index in [2.05, 4.69) is 5.32 Å². The predicted octanol–water partition coefficient (Wildman–Crippen LogP) is 3.86. The Bertz CT molecular complexity index is 1060. The number of nitrogens with one attached hydrogen (secondary N) is 1. The minimum atomic E-state index is -3.50. The van der Waals surface area contributed by atoms with E-state index in [-0.39, 0.29) is 11.8 Å². The number of benzene rings is 2. The SMILES string of the molecule is CCOc1ccc(CCNC(=O)C2CCN(S(=O)(=O)/C=C/c3ccccc3)CC2)cc1OCC. The van der Waals surface area contributed by atoms with Gasteiger partial charge in [-0.25, -0.2) is 8.42 Å². The van der Waals surface area contributed by atoms with E-state index in [1.54, 1.807) is 6.08 Å². The first kappa shape index (κ1) is 25.8. The van der Waals surface area contributed by atoms with Crippen LogP contribution in [0.25, 0.3) is 6.08 Å². The van der Waals surface area contributed by atoms with Gasteiger partial charge in [-0.2, -0.15) is 4.31 Å². The summed E-state index contributed by atoms with van der Waals surface area (Å²) in [6.07, 6.45) is 3.31. The van der Waals surface area contributed by atoms with Gasteiger partial charge in [0.05, 0.1) is 13.2 Å². The van der Waals surface area contributed by atoms with Crippen molar-refractivity contribution in [1.82, 2.24) is 9.62 Å². The van der Waals surface area contributed by atoms with Gasteiger partial charge in [0.25, 0.3) is 0 Å². The average molecular weight is 487 g/mol. The third-order valence-electron chi connectivity index (χ3n) is 5.74. The highest BCUT2D eigenvalue weighted by atomic mass is 32.2. The Kier molecular flexibility index (Phi) is 9.53. The van der Waals surface area contributed by atoms with Gasteiger partial charge in [-0.15, -0.1) is 0 Å². The number of sulfonamides is 1. The van der Waals surface area contributed by atoms with Crippen LogP contribution in [-0.2, 0) is 21.2 Å². The third kappa shape index (κ3) is 7.33. The summed E-state index contributed by atoms with van der Waals surface area (Å²) in [5, 5.41) is 4.25. The number of rotatable bonds is 11. The van der Waals surface area contributed by atoms with Crippen LogP contribution in [0, 0.1) is 5.92 Å². The van der Waals surface area contributed by atoms with E-state index >= 15 is 0 Å². The molecule has 1 aliphatic rings. The molecule has 3 rings (SSSR count). The molecule has 1 aliphatic heterocycles. The molecular weight excluding hydrogens is 452 g/mol. The molecule has 7 nitrogen and oxygen atoms in total. The number of nitrogens with zero attached hydrogens (tertiary/aromatic N) is 1. The molecule has 1 N–H and O–H groups in total. The molecule has 2 aromatic rings. The Labute approximate surface area is 202 Å². The second-order valence-electron chi connectivity index (χ2n) is 8.12. The number of carbonyl (C=O) groups excluding carboxylic acids is 1. The van der Waals surface area contributed by atoms with Crippen molar-refractivity contribution in [3.8, 4) is 11.5 Å². The Morgan fingerprint density at radius 2 is 1.71 bits per heavy atom. The summed E-state index contributed by atoms with van der Waals surface area (Å²) in [5.41, 5.74) is 1.89. The van der Waals surface area contributed by atoms with E-state index in [0.29, 0.717) is 57.9 Å². The molecule has 0 radical (unpaired) electrons. The molecule has 1 heterocycles. The van der Waals surface area contributed by atoms with Crippen molar-refractivity contribution in [2.75, 3.05) is 32.8 Å². The topological polar surface area (TPSA) is 84.9 Å². The lowest BCUT2D eigenvalue weighted by atomic mass is 9.97. The van der Waals surface area contributed by atoms with E-state index in [1.807, 2.05) is 62.4 Å². The normalized spacial score (nSPS) is 15.4. The average Bonchev–Trinajstić information content (AvgIpc) is 2.85. The molecule has 0 bridgehead atoms. The van der Waals surface area contributed by atoms with Gasteiger partial charge in [0.2, 0.25) is 15.9 Å². The summed E-state index contributed by atoms with van der Waals surface area (Å²) in [5.74, 6) is 1.23. The van der Waals surface area contributed by atoms with Gasteiger partial charge in [0, 0.05) is 31.0 Å². The molecular formula is C26H34N2O5S. The van der Waals surface area contributed by atoms with Crippen LogP contribution in [0.1, 0.15) is 37.8 Å². The second kappa shape index (κ2) is 12.6. The van der Waals surface area contributed by atoms with Crippen molar-refractivity contribution in [2.24, 2.45) is 5.92 Å². The number of hydrogen-bond acceptors (Lipinski definition) is 5. The minimum absolute atomic E-state index is 0.0205. The summed E-state index contributed by atoms with van der Waals surface area (Å²) in [4.78, 5) is 12.6. The van der Waals surface area contributed by atoms with E-state index in [4.69, 9.17) is 9.47 Å². The third-order valence-corrected chi connectivity index (χ3v) is 7.30. The van der Waals surface area contributed by atoms with Crippen molar-refractivity contribution in [3.05, 3.63) is 65.1 Å². The van der Waals surface area contributed by atoms with Gasteiger partial charge in [-0.3, -0.25) is 4.79 Å². The van der Waals surface area contributed by atoms with E-state index < -0.39 is 10.0 Å². The molecule has 0 spiro atoms. The molecule has 34 heavy (non-hydrogen) atoms. The lowest BCUT2D eigenvalue weighted by Gasteiger charge is -2.29. The number of carbonyl (C=O) groups is 1. The molecule has 0 atom stereocenters. The zero-order chi connectivity index (χ0) is 24.4. The van der Waals surface area contributed by atoms with Crippen LogP contribution in [0.15, 0.2) is 53.9 Å².